The molecule has 0 aliphatic heterocycles. The maximum atomic E-state index is 2.41. The summed E-state index contributed by atoms with van der Waals surface area (Å²) in [6.07, 6.45) is 0. The summed E-state index contributed by atoms with van der Waals surface area (Å²) in [7, 11) is 0. The first kappa shape index (κ1) is 26.4. The molecule has 0 nitrogen and oxygen atoms in total. The van der Waals surface area contributed by atoms with Gasteiger partial charge >= 0.3 is 0 Å². The normalized spacial score (nSPS) is 11.5. The minimum atomic E-state index is 1.22. The topological polar surface area (TPSA) is 0 Å². The van der Waals surface area contributed by atoms with Crippen molar-refractivity contribution < 1.29 is 0 Å². The van der Waals surface area contributed by atoms with Crippen molar-refractivity contribution in [3.05, 3.63) is 182 Å². The molecule has 0 aliphatic rings. The van der Waals surface area contributed by atoms with Crippen LogP contribution in [-0.4, -0.2) is 0 Å². The summed E-state index contributed by atoms with van der Waals surface area (Å²) in [6.45, 7) is 0. The highest BCUT2D eigenvalue weighted by atomic mass is 14.2. The molecule has 0 unspecified atom stereocenters. The molecule has 9 aromatic rings. The molecular formula is C46H30. The molecule has 214 valence electrons. The van der Waals surface area contributed by atoms with Gasteiger partial charge in [0.05, 0.1) is 0 Å². The summed E-state index contributed by atoms with van der Waals surface area (Å²) in [5, 5.41) is 10.1. The number of fused-ring (bicyclic) bond motifs is 4. The average molecular weight is 583 g/mol. The van der Waals surface area contributed by atoms with E-state index in [0.29, 0.717) is 0 Å². The molecule has 9 aromatic carbocycles. The Labute approximate surface area is 268 Å². The van der Waals surface area contributed by atoms with Gasteiger partial charge in [-0.25, -0.2) is 0 Å². The smallest absolute Gasteiger partial charge is 0.00261 e. The van der Waals surface area contributed by atoms with Crippen LogP contribution in [0.2, 0.25) is 0 Å². The van der Waals surface area contributed by atoms with Gasteiger partial charge in [-0.15, -0.1) is 0 Å². The summed E-state index contributed by atoms with van der Waals surface area (Å²) >= 11 is 0. The first-order valence-electron chi connectivity index (χ1n) is 15.9. The molecule has 0 heterocycles. The quantitative estimate of drug-likeness (QED) is 0.181. The molecule has 0 N–H and O–H groups in total. The Hall–Kier alpha value is -5.98. The fraction of sp³-hybridized carbons (Fsp3) is 0. The maximum Gasteiger partial charge on any atom is -0.00261 e. The SMILES string of the molecule is c1ccc(-c2c3ccccc3c(-c3cccc(-c4ccc5ccccc5c4)c3)c3ccc(-c4ccc5ccccc5c4)cc23)cc1. The molecule has 0 aromatic heterocycles. The molecule has 46 heavy (non-hydrogen) atoms. The van der Waals surface area contributed by atoms with E-state index in [1.165, 1.54) is 87.6 Å². The van der Waals surface area contributed by atoms with Crippen molar-refractivity contribution in [3.63, 3.8) is 0 Å². The van der Waals surface area contributed by atoms with Gasteiger partial charge in [0.2, 0.25) is 0 Å². The van der Waals surface area contributed by atoms with Crippen LogP contribution < -0.4 is 0 Å². The van der Waals surface area contributed by atoms with Crippen LogP contribution in [0.15, 0.2) is 182 Å². The zero-order valence-electron chi connectivity index (χ0n) is 25.3. The van der Waals surface area contributed by atoms with E-state index in [0.717, 1.165) is 0 Å². The second-order valence-electron chi connectivity index (χ2n) is 12.1. The monoisotopic (exact) mass is 582 g/mol. The van der Waals surface area contributed by atoms with E-state index in [2.05, 4.69) is 182 Å². The van der Waals surface area contributed by atoms with Crippen molar-refractivity contribution in [2.75, 3.05) is 0 Å². The molecule has 0 spiro atoms. The molecule has 0 heteroatoms. The van der Waals surface area contributed by atoms with E-state index < -0.39 is 0 Å². The summed E-state index contributed by atoms with van der Waals surface area (Å²) < 4.78 is 0. The molecular weight excluding hydrogens is 553 g/mol. The Kier molecular flexibility index (Phi) is 6.25. The molecule has 0 saturated heterocycles. The van der Waals surface area contributed by atoms with Crippen LogP contribution in [0.4, 0.5) is 0 Å². The average Bonchev–Trinajstić information content (AvgIpc) is 3.13. The Morgan fingerprint density at radius 2 is 0.630 bits per heavy atom. The summed E-state index contributed by atoms with van der Waals surface area (Å²) in [5.74, 6) is 0. The largest absolute Gasteiger partial charge is 0.0622 e. The Balaban J connectivity index is 1.32. The predicted molar refractivity (Wildman–Crippen MR) is 198 cm³/mol. The molecule has 0 amide bonds. The van der Waals surface area contributed by atoms with Crippen molar-refractivity contribution in [2.24, 2.45) is 0 Å². The van der Waals surface area contributed by atoms with Gasteiger partial charge < -0.3 is 0 Å². The lowest BCUT2D eigenvalue weighted by Gasteiger charge is -2.19. The third-order valence-corrected chi connectivity index (χ3v) is 9.40. The van der Waals surface area contributed by atoms with Crippen LogP contribution in [-0.2, 0) is 0 Å². The fourth-order valence-corrected chi connectivity index (χ4v) is 7.18. The molecule has 0 atom stereocenters. The van der Waals surface area contributed by atoms with Crippen molar-refractivity contribution in [3.8, 4) is 44.5 Å². The third kappa shape index (κ3) is 4.47. The first-order chi connectivity index (χ1) is 22.8. The fourth-order valence-electron chi connectivity index (χ4n) is 7.18. The van der Waals surface area contributed by atoms with Crippen LogP contribution >= 0.6 is 0 Å². The minimum absolute atomic E-state index is 1.22. The van der Waals surface area contributed by atoms with Gasteiger partial charge in [0.15, 0.2) is 0 Å². The van der Waals surface area contributed by atoms with Crippen molar-refractivity contribution in [1.82, 2.24) is 0 Å². The molecule has 0 saturated carbocycles. The molecule has 9 rings (SSSR count). The van der Waals surface area contributed by atoms with E-state index in [-0.39, 0.29) is 0 Å². The van der Waals surface area contributed by atoms with Gasteiger partial charge in [-0.2, -0.15) is 0 Å². The first-order valence-corrected chi connectivity index (χ1v) is 15.9. The van der Waals surface area contributed by atoms with E-state index in [4.69, 9.17) is 0 Å². The summed E-state index contributed by atoms with van der Waals surface area (Å²) in [5.41, 5.74) is 9.92. The van der Waals surface area contributed by atoms with Crippen molar-refractivity contribution in [2.45, 2.75) is 0 Å². The van der Waals surface area contributed by atoms with E-state index in [1.807, 2.05) is 0 Å². The van der Waals surface area contributed by atoms with Crippen LogP contribution in [0.5, 0.6) is 0 Å². The Morgan fingerprint density at radius 3 is 1.28 bits per heavy atom. The van der Waals surface area contributed by atoms with Crippen molar-refractivity contribution in [1.29, 1.82) is 0 Å². The Bertz CT molecular complexity index is 2570. The van der Waals surface area contributed by atoms with E-state index in [1.54, 1.807) is 0 Å². The predicted octanol–water partition coefficient (Wildman–Crippen LogP) is 13.0. The maximum absolute atomic E-state index is 2.41. The summed E-state index contributed by atoms with van der Waals surface area (Å²) in [4.78, 5) is 0. The van der Waals surface area contributed by atoms with Crippen molar-refractivity contribution >= 4 is 43.1 Å². The summed E-state index contributed by atoms with van der Waals surface area (Å²) in [6, 6.07) is 66.6. The number of rotatable bonds is 4. The highest BCUT2D eigenvalue weighted by Crippen LogP contribution is 2.45. The van der Waals surface area contributed by atoms with Gasteiger partial charge in [0.1, 0.15) is 0 Å². The lowest BCUT2D eigenvalue weighted by molar-refractivity contribution is 1.62. The third-order valence-electron chi connectivity index (χ3n) is 9.40. The molecule has 0 bridgehead atoms. The lowest BCUT2D eigenvalue weighted by Crippen LogP contribution is -1.92. The van der Waals surface area contributed by atoms with Gasteiger partial charge in [-0.3, -0.25) is 0 Å². The van der Waals surface area contributed by atoms with E-state index in [9.17, 15) is 0 Å². The van der Waals surface area contributed by atoms with E-state index >= 15 is 0 Å². The van der Waals surface area contributed by atoms with Gasteiger partial charge in [0, 0.05) is 0 Å². The van der Waals surface area contributed by atoms with Crippen LogP contribution in [0.3, 0.4) is 0 Å². The second-order valence-corrected chi connectivity index (χ2v) is 12.1. The molecule has 0 fully saturated rings. The lowest BCUT2D eigenvalue weighted by atomic mass is 9.84. The van der Waals surface area contributed by atoms with Crippen LogP contribution in [0, 0.1) is 0 Å². The van der Waals surface area contributed by atoms with Gasteiger partial charge in [0.25, 0.3) is 0 Å². The van der Waals surface area contributed by atoms with Crippen LogP contribution in [0.1, 0.15) is 0 Å². The zero-order chi connectivity index (χ0) is 30.5. The molecule has 0 radical (unpaired) electrons. The number of benzene rings is 9. The zero-order valence-corrected chi connectivity index (χ0v) is 25.3. The van der Waals surface area contributed by atoms with Gasteiger partial charge in [-0.1, -0.05) is 158 Å². The van der Waals surface area contributed by atoms with Gasteiger partial charge in [-0.05, 0) is 112 Å². The number of hydrogen-bond acceptors (Lipinski definition) is 0. The molecule has 0 aliphatic carbocycles. The standard InChI is InChI=1S/C46H30/c1-2-13-33(14-3-1)45-41-19-8-9-20-42(41)46(40-18-10-17-36(29-40)37-23-21-31-11-4-6-15-34(31)27-37)43-26-25-39(30-44(43)45)38-24-22-32-12-5-7-16-35(32)28-38/h1-30H. The van der Waals surface area contributed by atoms with Crippen LogP contribution in [0.25, 0.3) is 87.6 Å². The highest BCUT2D eigenvalue weighted by Gasteiger charge is 2.18. The second kappa shape index (κ2) is 10.9. The highest BCUT2D eigenvalue weighted by molar-refractivity contribution is 6.22. The Morgan fingerprint density at radius 1 is 0.196 bits per heavy atom. The number of hydrogen-bond donors (Lipinski definition) is 0. The minimum Gasteiger partial charge on any atom is -0.0622 e.